The first-order chi connectivity index (χ1) is 8.41. The number of likely N-dealkylation sites (N-methyl/N-ethyl adjacent to an activating group) is 1. The minimum Gasteiger partial charge on any atom is -0.480 e. The van der Waals surface area contributed by atoms with Crippen LogP contribution in [-0.2, 0) is 4.79 Å². The molecule has 1 aromatic rings. The first kappa shape index (κ1) is 15.6. The van der Waals surface area contributed by atoms with Crippen molar-refractivity contribution in [1.29, 1.82) is 0 Å². The van der Waals surface area contributed by atoms with Crippen molar-refractivity contribution in [3.05, 3.63) is 32.7 Å². The monoisotopic (exact) mass is 378 g/mol. The molecule has 1 aromatic carbocycles. The second-order valence-electron chi connectivity index (χ2n) is 4.20. The SMILES string of the molecule is CN(C)CCNC(C(=O)O)c1ccc(Br)c(Br)c1. The van der Waals surface area contributed by atoms with Crippen LogP contribution in [0.4, 0.5) is 0 Å². The Labute approximate surface area is 124 Å². The third-order valence-corrected chi connectivity index (χ3v) is 4.31. The van der Waals surface area contributed by atoms with Gasteiger partial charge in [-0.1, -0.05) is 6.07 Å². The Hall–Kier alpha value is -0.430. The lowest BCUT2D eigenvalue weighted by Crippen LogP contribution is -2.33. The summed E-state index contributed by atoms with van der Waals surface area (Å²) in [7, 11) is 3.90. The molecule has 0 heterocycles. The summed E-state index contributed by atoms with van der Waals surface area (Å²) in [5, 5.41) is 12.3. The fraction of sp³-hybridized carbons (Fsp3) is 0.417. The zero-order valence-corrected chi connectivity index (χ0v) is 13.5. The molecule has 0 spiro atoms. The van der Waals surface area contributed by atoms with E-state index < -0.39 is 12.0 Å². The molecule has 0 bridgehead atoms. The molecule has 6 heteroatoms. The zero-order chi connectivity index (χ0) is 13.7. The first-order valence-electron chi connectivity index (χ1n) is 5.47. The number of benzene rings is 1. The second-order valence-corrected chi connectivity index (χ2v) is 5.91. The molecule has 0 aromatic heterocycles. The molecule has 0 aliphatic heterocycles. The van der Waals surface area contributed by atoms with Crippen molar-refractivity contribution >= 4 is 37.8 Å². The molecule has 0 saturated heterocycles. The average molecular weight is 380 g/mol. The number of halogens is 2. The molecular formula is C12H16Br2N2O2. The van der Waals surface area contributed by atoms with Crippen molar-refractivity contribution < 1.29 is 9.90 Å². The number of hydrogen-bond donors (Lipinski definition) is 2. The summed E-state index contributed by atoms with van der Waals surface area (Å²) in [5.41, 5.74) is 0.733. The van der Waals surface area contributed by atoms with Gasteiger partial charge in [0.15, 0.2) is 0 Å². The molecule has 0 amide bonds. The highest BCUT2D eigenvalue weighted by atomic mass is 79.9. The third-order valence-electron chi connectivity index (χ3n) is 2.43. The van der Waals surface area contributed by atoms with Crippen LogP contribution in [0.2, 0.25) is 0 Å². The molecule has 0 fully saturated rings. The van der Waals surface area contributed by atoms with Gasteiger partial charge in [-0.05, 0) is 63.7 Å². The Morgan fingerprint density at radius 1 is 1.39 bits per heavy atom. The first-order valence-corrected chi connectivity index (χ1v) is 7.06. The highest BCUT2D eigenvalue weighted by Crippen LogP contribution is 2.26. The van der Waals surface area contributed by atoms with E-state index in [-0.39, 0.29) is 0 Å². The molecule has 2 N–H and O–H groups in total. The highest BCUT2D eigenvalue weighted by Gasteiger charge is 2.19. The fourth-order valence-electron chi connectivity index (χ4n) is 1.47. The lowest BCUT2D eigenvalue weighted by Gasteiger charge is -2.17. The van der Waals surface area contributed by atoms with E-state index in [9.17, 15) is 9.90 Å². The van der Waals surface area contributed by atoms with E-state index in [1.165, 1.54) is 0 Å². The van der Waals surface area contributed by atoms with Crippen LogP contribution < -0.4 is 5.32 Å². The standard InChI is InChI=1S/C12H16Br2N2O2/c1-16(2)6-5-15-11(12(17)18)8-3-4-9(13)10(14)7-8/h3-4,7,11,15H,5-6H2,1-2H3,(H,17,18). The minimum atomic E-state index is -0.872. The molecule has 0 saturated carbocycles. The van der Waals surface area contributed by atoms with E-state index in [0.29, 0.717) is 6.54 Å². The molecular weight excluding hydrogens is 364 g/mol. The van der Waals surface area contributed by atoms with Crippen LogP contribution in [0.3, 0.4) is 0 Å². The molecule has 4 nitrogen and oxygen atoms in total. The van der Waals surface area contributed by atoms with Gasteiger partial charge < -0.3 is 10.0 Å². The molecule has 18 heavy (non-hydrogen) atoms. The Bertz CT molecular complexity index is 425. The fourth-order valence-corrected chi connectivity index (χ4v) is 2.12. The maximum Gasteiger partial charge on any atom is 0.325 e. The number of hydrogen-bond acceptors (Lipinski definition) is 3. The summed E-state index contributed by atoms with van der Waals surface area (Å²) in [4.78, 5) is 13.3. The molecule has 100 valence electrons. The number of carboxylic acids is 1. The average Bonchev–Trinajstić information content (AvgIpc) is 2.27. The Kier molecular flexibility index (Phi) is 6.28. The van der Waals surface area contributed by atoms with Gasteiger partial charge in [0.25, 0.3) is 0 Å². The summed E-state index contributed by atoms with van der Waals surface area (Å²) in [6.45, 7) is 1.42. The van der Waals surface area contributed by atoms with Crippen molar-refractivity contribution in [2.75, 3.05) is 27.2 Å². The van der Waals surface area contributed by atoms with Crippen molar-refractivity contribution in [3.8, 4) is 0 Å². The van der Waals surface area contributed by atoms with E-state index in [1.807, 2.05) is 31.1 Å². The number of aliphatic carboxylic acids is 1. The normalized spacial score (nSPS) is 12.7. The van der Waals surface area contributed by atoms with E-state index in [2.05, 4.69) is 37.2 Å². The van der Waals surface area contributed by atoms with E-state index in [1.54, 1.807) is 6.07 Å². The summed E-state index contributed by atoms with van der Waals surface area (Å²) in [5.74, 6) is -0.872. The third kappa shape index (κ3) is 4.68. The minimum absolute atomic E-state index is 0.623. The maximum absolute atomic E-state index is 11.3. The van der Waals surface area contributed by atoms with Crippen LogP contribution in [0.1, 0.15) is 11.6 Å². The predicted octanol–water partition coefficient (Wildman–Crippen LogP) is 2.49. The van der Waals surface area contributed by atoms with Gasteiger partial charge in [0, 0.05) is 22.0 Å². The number of rotatable bonds is 6. The lowest BCUT2D eigenvalue weighted by molar-refractivity contribution is -0.139. The van der Waals surface area contributed by atoms with Crippen LogP contribution in [0.15, 0.2) is 27.1 Å². The Balaban J connectivity index is 2.78. The van der Waals surface area contributed by atoms with Gasteiger partial charge in [0.1, 0.15) is 6.04 Å². The maximum atomic E-state index is 11.3. The number of nitrogens with zero attached hydrogens (tertiary/aromatic N) is 1. The molecule has 1 unspecified atom stereocenters. The topological polar surface area (TPSA) is 52.6 Å². The zero-order valence-electron chi connectivity index (χ0n) is 10.3. The van der Waals surface area contributed by atoms with Gasteiger partial charge >= 0.3 is 5.97 Å². The molecule has 0 aliphatic carbocycles. The van der Waals surface area contributed by atoms with Crippen molar-refractivity contribution in [2.24, 2.45) is 0 Å². The van der Waals surface area contributed by atoms with Crippen LogP contribution >= 0.6 is 31.9 Å². The summed E-state index contributed by atoms with van der Waals surface area (Å²) < 4.78 is 1.75. The Morgan fingerprint density at radius 3 is 2.56 bits per heavy atom. The second kappa shape index (κ2) is 7.23. The van der Waals surface area contributed by atoms with E-state index in [0.717, 1.165) is 21.1 Å². The van der Waals surface area contributed by atoms with E-state index in [4.69, 9.17) is 0 Å². The van der Waals surface area contributed by atoms with Gasteiger partial charge in [-0.15, -0.1) is 0 Å². The van der Waals surface area contributed by atoms with Gasteiger partial charge in [-0.3, -0.25) is 10.1 Å². The molecule has 1 atom stereocenters. The highest BCUT2D eigenvalue weighted by molar-refractivity contribution is 9.13. The summed E-state index contributed by atoms with van der Waals surface area (Å²) >= 11 is 6.74. The van der Waals surface area contributed by atoms with Crippen LogP contribution in [-0.4, -0.2) is 43.2 Å². The van der Waals surface area contributed by atoms with Crippen LogP contribution in [0.5, 0.6) is 0 Å². The number of carboxylic acid groups (broad SMARTS) is 1. The largest absolute Gasteiger partial charge is 0.480 e. The predicted molar refractivity (Wildman–Crippen MR) is 78.8 cm³/mol. The van der Waals surface area contributed by atoms with Crippen molar-refractivity contribution in [2.45, 2.75) is 6.04 Å². The van der Waals surface area contributed by atoms with Crippen LogP contribution in [0.25, 0.3) is 0 Å². The van der Waals surface area contributed by atoms with Gasteiger partial charge in [-0.25, -0.2) is 0 Å². The number of nitrogens with one attached hydrogen (secondary N) is 1. The lowest BCUT2D eigenvalue weighted by atomic mass is 10.1. The Morgan fingerprint density at radius 2 is 2.06 bits per heavy atom. The van der Waals surface area contributed by atoms with Crippen molar-refractivity contribution in [1.82, 2.24) is 10.2 Å². The number of carbonyl (C=O) groups is 1. The van der Waals surface area contributed by atoms with Gasteiger partial charge in [0.05, 0.1) is 0 Å². The molecule has 1 rings (SSSR count). The smallest absolute Gasteiger partial charge is 0.325 e. The van der Waals surface area contributed by atoms with Crippen molar-refractivity contribution in [3.63, 3.8) is 0 Å². The summed E-state index contributed by atoms with van der Waals surface area (Å²) in [6.07, 6.45) is 0. The van der Waals surface area contributed by atoms with Gasteiger partial charge in [-0.2, -0.15) is 0 Å². The molecule has 0 aliphatic rings. The molecule has 0 radical (unpaired) electrons. The summed E-state index contributed by atoms with van der Waals surface area (Å²) in [6, 6.07) is 4.76. The quantitative estimate of drug-likeness (QED) is 0.797. The van der Waals surface area contributed by atoms with Crippen LogP contribution in [0, 0.1) is 0 Å². The van der Waals surface area contributed by atoms with Gasteiger partial charge in [0.2, 0.25) is 0 Å². The van der Waals surface area contributed by atoms with E-state index >= 15 is 0 Å².